The van der Waals surface area contributed by atoms with Gasteiger partial charge in [-0.05, 0) is 36.4 Å². The van der Waals surface area contributed by atoms with E-state index in [4.69, 9.17) is 0 Å². The van der Waals surface area contributed by atoms with Gasteiger partial charge in [0.05, 0.1) is 11.4 Å². The van der Waals surface area contributed by atoms with Gasteiger partial charge in [-0.15, -0.1) is 0 Å². The van der Waals surface area contributed by atoms with Crippen LogP contribution in [0.4, 0.5) is 0 Å². The smallest absolute Gasteiger partial charge is 0.159 e. The van der Waals surface area contributed by atoms with Crippen molar-refractivity contribution in [2.75, 3.05) is 0 Å². The Morgan fingerprint density at radius 1 is 1.06 bits per heavy atom. The van der Waals surface area contributed by atoms with Gasteiger partial charge in [0.1, 0.15) is 0 Å². The molecule has 0 saturated carbocycles. The summed E-state index contributed by atoms with van der Waals surface area (Å²) in [5, 5.41) is 1.07. The summed E-state index contributed by atoms with van der Waals surface area (Å²) in [6, 6.07) is 12.1. The van der Waals surface area contributed by atoms with Crippen LogP contribution in [-0.4, -0.2) is 14.5 Å². The summed E-state index contributed by atoms with van der Waals surface area (Å²) in [7, 11) is 2.01. The number of fused-ring (bicyclic) bond motifs is 1. The van der Waals surface area contributed by atoms with E-state index >= 15 is 0 Å². The highest BCUT2D eigenvalue weighted by molar-refractivity contribution is 5.77. The zero-order chi connectivity index (χ0) is 11.0. The van der Waals surface area contributed by atoms with E-state index < -0.39 is 0 Å². The van der Waals surface area contributed by atoms with Gasteiger partial charge < -0.3 is 4.57 Å². The van der Waals surface area contributed by atoms with E-state index in [-0.39, 0.29) is 0 Å². The second-order valence-corrected chi connectivity index (χ2v) is 3.75. The molecule has 0 bridgehead atoms. The summed E-state index contributed by atoms with van der Waals surface area (Å²) in [5.41, 5.74) is 2.85. The molecule has 3 aromatic heterocycles. The minimum atomic E-state index is 0.793. The fraction of sp³-hybridized carbons (Fsp3) is 0.0769. The van der Waals surface area contributed by atoms with Gasteiger partial charge in [-0.25, -0.2) is 9.97 Å². The molecule has 3 rings (SSSR count). The number of nitrogens with zero attached hydrogens (tertiary/aromatic N) is 3. The first-order valence-electron chi connectivity index (χ1n) is 5.18. The summed E-state index contributed by atoms with van der Waals surface area (Å²) < 4.78 is 2.05. The van der Waals surface area contributed by atoms with Crippen LogP contribution < -0.4 is 0 Å². The fourth-order valence-corrected chi connectivity index (χ4v) is 1.82. The molecule has 0 radical (unpaired) electrons. The molecule has 0 N–H and O–H groups in total. The summed E-state index contributed by atoms with van der Waals surface area (Å²) >= 11 is 0. The molecular weight excluding hydrogens is 198 g/mol. The van der Waals surface area contributed by atoms with Crippen molar-refractivity contribution >= 4 is 11.0 Å². The van der Waals surface area contributed by atoms with Crippen molar-refractivity contribution in [3.05, 3.63) is 48.8 Å². The minimum absolute atomic E-state index is 0.793. The summed E-state index contributed by atoms with van der Waals surface area (Å²) in [4.78, 5) is 8.81. The number of pyridine rings is 2. The molecule has 3 heterocycles. The van der Waals surface area contributed by atoms with Crippen molar-refractivity contribution in [3.63, 3.8) is 0 Å². The van der Waals surface area contributed by atoms with Crippen LogP contribution in [0.3, 0.4) is 0 Å². The highest BCUT2D eigenvalue weighted by Gasteiger charge is 2.04. The molecule has 78 valence electrons. The van der Waals surface area contributed by atoms with Crippen LogP contribution >= 0.6 is 0 Å². The van der Waals surface area contributed by atoms with Gasteiger partial charge in [0, 0.05) is 24.8 Å². The Morgan fingerprint density at radius 3 is 2.81 bits per heavy atom. The van der Waals surface area contributed by atoms with Crippen LogP contribution in [0.2, 0.25) is 0 Å². The monoisotopic (exact) mass is 209 g/mol. The molecule has 3 aromatic rings. The molecule has 0 atom stereocenters. The Kier molecular flexibility index (Phi) is 1.96. The SMILES string of the molecule is Cn1cccc1-c1ccc2cccnc2n1. The molecule has 0 saturated heterocycles. The van der Waals surface area contributed by atoms with E-state index in [1.54, 1.807) is 6.20 Å². The first kappa shape index (κ1) is 9.09. The number of rotatable bonds is 1. The zero-order valence-corrected chi connectivity index (χ0v) is 8.96. The number of hydrogen-bond donors (Lipinski definition) is 0. The van der Waals surface area contributed by atoms with Gasteiger partial charge in [-0.2, -0.15) is 0 Å². The van der Waals surface area contributed by atoms with Crippen molar-refractivity contribution in [3.8, 4) is 11.4 Å². The lowest BCUT2D eigenvalue weighted by atomic mass is 10.2. The van der Waals surface area contributed by atoms with Gasteiger partial charge in [0.15, 0.2) is 5.65 Å². The molecule has 0 aliphatic rings. The van der Waals surface area contributed by atoms with Crippen LogP contribution in [0.5, 0.6) is 0 Å². The largest absolute Gasteiger partial charge is 0.349 e. The first-order valence-corrected chi connectivity index (χ1v) is 5.18. The van der Waals surface area contributed by atoms with Crippen molar-refractivity contribution in [2.45, 2.75) is 0 Å². The fourth-order valence-electron chi connectivity index (χ4n) is 1.82. The van der Waals surface area contributed by atoms with Crippen molar-refractivity contribution in [1.82, 2.24) is 14.5 Å². The molecule has 0 fully saturated rings. The van der Waals surface area contributed by atoms with Gasteiger partial charge in [0.25, 0.3) is 0 Å². The van der Waals surface area contributed by atoms with Crippen LogP contribution in [0, 0.1) is 0 Å². The van der Waals surface area contributed by atoms with Crippen molar-refractivity contribution in [2.24, 2.45) is 7.05 Å². The zero-order valence-electron chi connectivity index (χ0n) is 8.96. The van der Waals surface area contributed by atoms with Crippen LogP contribution in [0.25, 0.3) is 22.4 Å². The molecule has 0 spiro atoms. The molecule has 3 nitrogen and oxygen atoms in total. The van der Waals surface area contributed by atoms with E-state index in [0.717, 1.165) is 22.4 Å². The van der Waals surface area contributed by atoms with Crippen LogP contribution in [-0.2, 0) is 7.05 Å². The molecular formula is C13H11N3. The van der Waals surface area contributed by atoms with Crippen LogP contribution in [0.1, 0.15) is 0 Å². The van der Waals surface area contributed by atoms with Gasteiger partial charge in [-0.1, -0.05) is 0 Å². The Bertz CT molecular complexity index is 640. The van der Waals surface area contributed by atoms with Gasteiger partial charge >= 0.3 is 0 Å². The minimum Gasteiger partial charge on any atom is -0.349 e. The van der Waals surface area contributed by atoms with E-state index in [1.165, 1.54) is 0 Å². The van der Waals surface area contributed by atoms with Crippen LogP contribution in [0.15, 0.2) is 48.8 Å². The number of aromatic nitrogens is 3. The summed E-state index contributed by atoms with van der Waals surface area (Å²) in [6.45, 7) is 0. The van der Waals surface area contributed by atoms with Crippen molar-refractivity contribution in [1.29, 1.82) is 0 Å². The lowest BCUT2D eigenvalue weighted by Gasteiger charge is -2.03. The van der Waals surface area contributed by atoms with E-state index in [9.17, 15) is 0 Å². The molecule has 3 heteroatoms. The summed E-state index contributed by atoms with van der Waals surface area (Å²) in [6.07, 6.45) is 3.78. The highest BCUT2D eigenvalue weighted by atomic mass is 15.0. The van der Waals surface area contributed by atoms with Gasteiger partial charge in [0.2, 0.25) is 0 Å². The molecule has 0 aromatic carbocycles. The lowest BCUT2D eigenvalue weighted by Crippen LogP contribution is -1.93. The normalized spacial score (nSPS) is 10.8. The maximum absolute atomic E-state index is 4.55. The molecule has 0 aliphatic carbocycles. The Labute approximate surface area is 93.4 Å². The Morgan fingerprint density at radius 2 is 2.00 bits per heavy atom. The average Bonchev–Trinajstić information content (AvgIpc) is 2.75. The summed E-state index contributed by atoms with van der Waals surface area (Å²) in [5.74, 6) is 0. The van der Waals surface area contributed by atoms with E-state index in [0.29, 0.717) is 0 Å². The lowest BCUT2D eigenvalue weighted by molar-refractivity contribution is 0.932. The first-order chi connectivity index (χ1) is 7.84. The van der Waals surface area contributed by atoms with E-state index in [2.05, 4.69) is 26.7 Å². The predicted octanol–water partition coefficient (Wildman–Crippen LogP) is 2.64. The maximum atomic E-state index is 4.55. The van der Waals surface area contributed by atoms with E-state index in [1.807, 2.05) is 37.5 Å². The highest BCUT2D eigenvalue weighted by Crippen LogP contribution is 2.19. The molecule has 16 heavy (non-hydrogen) atoms. The third-order valence-corrected chi connectivity index (χ3v) is 2.67. The molecule has 0 unspecified atom stereocenters. The van der Waals surface area contributed by atoms with Crippen molar-refractivity contribution < 1.29 is 0 Å². The third-order valence-electron chi connectivity index (χ3n) is 2.67. The standard InChI is InChI=1S/C13H11N3/c1-16-9-3-5-12(16)11-7-6-10-4-2-8-14-13(10)15-11/h2-9H,1H3. The van der Waals surface area contributed by atoms with Gasteiger partial charge in [-0.3, -0.25) is 0 Å². The Hall–Kier alpha value is -2.16. The third kappa shape index (κ3) is 1.37. The molecule has 0 aliphatic heterocycles. The molecule has 0 amide bonds. The Balaban J connectivity index is 2.23. The quantitative estimate of drug-likeness (QED) is 0.616. The number of hydrogen-bond acceptors (Lipinski definition) is 2. The average molecular weight is 209 g/mol. The second-order valence-electron chi connectivity index (χ2n) is 3.75. The maximum Gasteiger partial charge on any atom is 0.159 e. The number of aryl methyl sites for hydroxylation is 1. The predicted molar refractivity (Wildman–Crippen MR) is 63.9 cm³/mol. The second kappa shape index (κ2) is 3.45. The topological polar surface area (TPSA) is 30.7 Å².